The van der Waals surface area contributed by atoms with Crippen molar-refractivity contribution < 1.29 is 4.39 Å². The summed E-state index contributed by atoms with van der Waals surface area (Å²) in [5, 5.41) is 1.80. The molecule has 0 aliphatic heterocycles. The first-order valence-corrected chi connectivity index (χ1v) is 5.42. The highest BCUT2D eigenvalue weighted by Gasteiger charge is 2.13. The Balaban J connectivity index is 2.95. The van der Waals surface area contributed by atoms with Crippen LogP contribution in [0.25, 0.3) is 0 Å². The van der Waals surface area contributed by atoms with E-state index in [4.69, 9.17) is 5.73 Å². The van der Waals surface area contributed by atoms with E-state index < -0.39 is 0 Å². The van der Waals surface area contributed by atoms with Crippen molar-refractivity contribution >= 4 is 15.9 Å². The Kier molecular flexibility index (Phi) is 4.66. The van der Waals surface area contributed by atoms with Gasteiger partial charge in [-0.2, -0.15) is 0 Å². The molecule has 0 spiro atoms. The van der Waals surface area contributed by atoms with Crippen molar-refractivity contribution in [1.29, 1.82) is 0 Å². The number of benzene rings is 1. The van der Waals surface area contributed by atoms with Gasteiger partial charge in [0.2, 0.25) is 0 Å². The fourth-order valence-corrected chi connectivity index (χ4v) is 1.87. The number of nitrogens with zero attached hydrogens (tertiary/aromatic N) is 1. The quantitative estimate of drug-likeness (QED) is 0.822. The highest BCUT2D eigenvalue weighted by atomic mass is 79.9. The molecule has 0 amide bonds. The van der Waals surface area contributed by atoms with Crippen LogP contribution in [0.4, 0.5) is 4.39 Å². The molecular weight excluding hydrogens is 261 g/mol. The summed E-state index contributed by atoms with van der Waals surface area (Å²) in [5.41, 5.74) is 9.59. The van der Waals surface area contributed by atoms with Gasteiger partial charge in [-0.3, -0.25) is 0 Å². The topological polar surface area (TPSA) is 41.3 Å². The van der Waals surface area contributed by atoms with Gasteiger partial charge in [0.25, 0.3) is 0 Å². The molecule has 3 N–H and O–H groups in total. The maximum absolute atomic E-state index is 13.1. The van der Waals surface area contributed by atoms with Crippen molar-refractivity contribution in [2.24, 2.45) is 5.73 Å². The van der Waals surface area contributed by atoms with Gasteiger partial charge in [0, 0.05) is 25.1 Å². The van der Waals surface area contributed by atoms with Crippen molar-refractivity contribution in [3.05, 3.63) is 34.1 Å². The summed E-state index contributed by atoms with van der Waals surface area (Å²) in [6, 6.07) is 4.49. The van der Waals surface area contributed by atoms with Crippen LogP contribution in [0.2, 0.25) is 0 Å². The third-order valence-electron chi connectivity index (χ3n) is 1.98. The molecular formula is C10H15BrFN3. The molecule has 15 heavy (non-hydrogen) atoms. The minimum absolute atomic E-state index is 0.0925. The van der Waals surface area contributed by atoms with E-state index in [2.05, 4.69) is 21.4 Å². The van der Waals surface area contributed by atoms with E-state index in [1.165, 1.54) is 12.1 Å². The standard InChI is InChI=1S/C10H15BrFN3/c1-15(2)14-10(6-13)8-5-7(12)3-4-9(8)11/h3-5,10,14H,6,13H2,1-2H3. The fraction of sp³-hybridized carbons (Fsp3) is 0.400. The molecule has 5 heteroatoms. The molecule has 0 radical (unpaired) electrons. The first kappa shape index (κ1) is 12.6. The highest BCUT2D eigenvalue weighted by Crippen LogP contribution is 2.23. The summed E-state index contributed by atoms with van der Waals surface area (Å²) in [7, 11) is 3.74. The number of halogens is 2. The minimum atomic E-state index is -0.257. The number of nitrogens with one attached hydrogen (secondary N) is 1. The number of hydrogen-bond donors (Lipinski definition) is 2. The van der Waals surface area contributed by atoms with Gasteiger partial charge < -0.3 is 5.73 Å². The zero-order chi connectivity index (χ0) is 11.4. The molecule has 1 aromatic carbocycles. The maximum atomic E-state index is 13.1. The molecule has 0 saturated heterocycles. The second-order valence-corrected chi connectivity index (χ2v) is 4.33. The summed E-state index contributed by atoms with van der Waals surface area (Å²) in [6.45, 7) is 0.403. The monoisotopic (exact) mass is 275 g/mol. The van der Waals surface area contributed by atoms with Crippen molar-refractivity contribution in [2.75, 3.05) is 20.6 Å². The van der Waals surface area contributed by atoms with Gasteiger partial charge in [-0.15, -0.1) is 0 Å². The van der Waals surface area contributed by atoms with Gasteiger partial charge in [0.1, 0.15) is 5.82 Å². The molecule has 1 atom stereocenters. The molecule has 0 saturated carbocycles. The molecule has 1 rings (SSSR count). The van der Waals surface area contributed by atoms with E-state index in [0.29, 0.717) is 6.54 Å². The number of nitrogens with two attached hydrogens (primary N) is 1. The maximum Gasteiger partial charge on any atom is 0.123 e. The molecule has 0 heterocycles. The average molecular weight is 276 g/mol. The summed E-state index contributed by atoms with van der Waals surface area (Å²) >= 11 is 3.38. The van der Waals surface area contributed by atoms with Crippen molar-refractivity contribution in [2.45, 2.75) is 6.04 Å². The van der Waals surface area contributed by atoms with Crippen LogP contribution in [0.1, 0.15) is 11.6 Å². The van der Waals surface area contributed by atoms with E-state index >= 15 is 0 Å². The number of rotatable bonds is 4. The molecule has 0 fully saturated rings. The van der Waals surface area contributed by atoms with Gasteiger partial charge in [-0.1, -0.05) is 15.9 Å². The van der Waals surface area contributed by atoms with Crippen LogP contribution in [0.3, 0.4) is 0 Å². The Morgan fingerprint density at radius 1 is 1.53 bits per heavy atom. The average Bonchev–Trinajstić information content (AvgIpc) is 2.18. The Bertz CT molecular complexity index is 330. The number of hydrogen-bond acceptors (Lipinski definition) is 3. The van der Waals surface area contributed by atoms with Crippen LogP contribution >= 0.6 is 15.9 Å². The normalized spacial score (nSPS) is 13.2. The zero-order valence-corrected chi connectivity index (χ0v) is 10.4. The van der Waals surface area contributed by atoms with Crippen LogP contribution in [-0.2, 0) is 0 Å². The van der Waals surface area contributed by atoms with Crippen LogP contribution in [0.15, 0.2) is 22.7 Å². The smallest absolute Gasteiger partial charge is 0.123 e. The molecule has 0 aromatic heterocycles. The van der Waals surface area contributed by atoms with E-state index in [9.17, 15) is 4.39 Å². The molecule has 84 valence electrons. The molecule has 0 aliphatic rings. The summed E-state index contributed by atoms with van der Waals surface area (Å²) < 4.78 is 13.9. The molecule has 3 nitrogen and oxygen atoms in total. The van der Waals surface area contributed by atoms with Crippen molar-refractivity contribution in [1.82, 2.24) is 10.4 Å². The number of hydrazine groups is 1. The Morgan fingerprint density at radius 2 is 2.20 bits per heavy atom. The third-order valence-corrected chi connectivity index (χ3v) is 2.71. The Hall–Kier alpha value is -0.490. The van der Waals surface area contributed by atoms with Crippen molar-refractivity contribution in [3.63, 3.8) is 0 Å². The van der Waals surface area contributed by atoms with Crippen LogP contribution in [-0.4, -0.2) is 25.6 Å². The SMILES string of the molecule is CN(C)NC(CN)c1cc(F)ccc1Br. The fourth-order valence-electron chi connectivity index (χ4n) is 1.34. The largest absolute Gasteiger partial charge is 0.329 e. The van der Waals surface area contributed by atoms with Gasteiger partial charge in [0.15, 0.2) is 0 Å². The lowest BCUT2D eigenvalue weighted by Crippen LogP contribution is -2.38. The molecule has 1 unspecified atom stereocenters. The highest BCUT2D eigenvalue weighted by molar-refractivity contribution is 9.10. The predicted molar refractivity (Wildman–Crippen MR) is 62.7 cm³/mol. The molecule has 0 aliphatic carbocycles. The van der Waals surface area contributed by atoms with E-state index in [0.717, 1.165) is 10.0 Å². The summed E-state index contributed by atoms with van der Waals surface area (Å²) in [6.07, 6.45) is 0. The van der Waals surface area contributed by atoms with Gasteiger partial charge in [0.05, 0.1) is 6.04 Å². The van der Waals surface area contributed by atoms with Gasteiger partial charge >= 0.3 is 0 Å². The van der Waals surface area contributed by atoms with Crippen LogP contribution < -0.4 is 11.2 Å². The lowest BCUT2D eigenvalue weighted by molar-refractivity contribution is 0.245. The molecule has 1 aromatic rings. The third kappa shape index (κ3) is 3.53. The lowest BCUT2D eigenvalue weighted by atomic mass is 10.1. The second kappa shape index (κ2) is 5.55. The van der Waals surface area contributed by atoms with Crippen LogP contribution in [0.5, 0.6) is 0 Å². The Morgan fingerprint density at radius 3 is 2.73 bits per heavy atom. The van der Waals surface area contributed by atoms with Gasteiger partial charge in [-0.25, -0.2) is 14.8 Å². The summed E-state index contributed by atoms with van der Waals surface area (Å²) in [4.78, 5) is 0. The zero-order valence-electron chi connectivity index (χ0n) is 8.80. The second-order valence-electron chi connectivity index (χ2n) is 3.48. The molecule has 0 bridgehead atoms. The first-order valence-electron chi connectivity index (χ1n) is 4.63. The first-order chi connectivity index (χ1) is 7.04. The predicted octanol–water partition coefficient (Wildman–Crippen LogP) is 1.65. The van der Waals surface area contributed by atoms with E-state index in [-0.39, 0.29) is 11.9 Å². The van der Waals surface area contributed by atoms with Gasteiger partial charge in [-0.05, 0) is 23.8 Å². The Labute approximate surface area is 97.5 Å². The summed E-state index contributed by atoms with van der Waals surface area (Å²) in [5.74, 6) is -0.257. The lowest BCUT2D eigenvalue weighted by Gasteiger charge is -2.23. The van der Waals surface area contributed by atoms with E-state index in [1.807, 2.05) is 14.1 Å². The van der Waals surface area contributed by atoms with E-state index in [1.54, 1.807) is 11.1 Å². The minimum Gasteiger partial charge on any atom is -0.329 e. The van der Waals surface area contributed by atoms with Crippen LogP contribution in [0, 0.1) is 5.82 Å². The van der Waals surface area contributed by atoms with Crippen molar-refractivity contribution in [3.8, 4) is 0 Å².